The molecule has 2 aromatic heterocycles. The molecule has 0 radical (unpaired) electrons. The number of carbonyl (C=O) groups is 1. The van der Waals surface area contributed by atoms with Gasteiger partial charge in [0, 0.05) is 11.9 Å². The van der Waals surface area contributed by atoms with Crippen LogP contribution in [0, 0.1) is 6.92 Å². The molecule has 0 fully saturated rings. The fraction of sp³-hybridized carbons (Fsp3) is 0.100. The Balaban J connectivity index is 2.18. The van der Waals surface area contributed by atoms with Gasteiger partial charge in [0.15, 0.2) is 0 Å². The van der Waals surface area contributed by atoms with Crippen LogP contribution in [0.15, 0.2) is 24.4 Å². The van der Waals surface area contributed by atoms with Crippen molar-refractivity contribution in [1.82, 2.24) is 15.0 Å². The minimum absolute atomic E-state index is 0.199. The van der Waals surface area contributed by atoms with Crippen LogP contribution in [0.3, 0.4) is 0 Å². The molecule has 1 amide bonds. The van der Waals surface area contributed by atoms with Crippen molar-refractivity contribution in [2.75, 3.05) is 5.32 Å². The maximum absolute atomic E-state index is 11.6. The summed E-state index contributed by atoms with van der Waals surface area (Å²) in [7, 11) is 0. The fourth-order valence-electron chi connectivity index (χ4n) is 1.23. The van der Waals surface area contributed by atoms with Crippen molar-refractivity contribution >= 4 is 23.5 Å². The maximum Gasteiger partial charge on any atom is 0.274 e. The summed E-state index contributed by atoms with van der Waals surface area (Å²) in [5, 5.41) is 2.85. The molecule has 16 heavy (non-hydrogen) atoms. The summed E-state index contributed by atoms with van der Waals surface area (Å²) in [6, 6.07) is 5.01. The Morgan fingerprint density at radius 1 is 1.50 bits per heavy atom. The standard InChI is InChI=1S/C10H9ClN4O/c1-6-5-8(11)14-10(13-6)15-9(16)7-3-2-4-12-7/h2-5,12H,1H3,(H,13,14,15,16). The second kappa shape index (κ2) is 4.32. The summed E-state index contributed by atoms with van der Waals surface area (Å²) in [4.78, 5) is 22.4. The summed E-state index contributed by atoms with van der Waals surface area (Å²) in [5.74, 6) is -0.101. The molecule has 5 nitrogen and oxygen atoms in total. The summed E-state index contributed by atoms with van der Waals surface area (Å²) in [6.45, 7) is 1.78. The van der Waals surface area contributed by atoms with Gasteiger partial charge in [-0.2, -0.15) is 0 Å². The van der Waals surface area contributed by atoms with Crippen LogP contribution in [0.4, 0.5) is 5.95 Å². The van der Waals surface area contributed by atoms with Crippen molar-refractivity contribution in [1.29, 1.82) is 0 Å². The number of anilines is 1. The molecule has 0 aromatic carbocycles. The predicted octanol–water partition coefficient (Wildman–Crippen LogP) is 2.02. The Kier molecular flexibility index (Phi) is 2.87. The smallest absolute Gasteiger partial charge is 0.274 e. The van der Waals surface area contributed by atoms with E-state index in [1.54, 1.807) is 31.3 Å². The van der Waals surface area contributed by atoms with Crippen molar-refractivity contribution in [2.24, 2.45) is 0 Å². The summed E-state index contributed by atoms with van der Waals surface area (Å²) in [6.07, 6.45) is 1.67. The molecule has 0 spiro atoms. The van der Waals surface area contributed by atoms with Crippen LogP contribution in [0.1, 0.15) is 16.2 Å². The quantitative estimate of drug-likeness (QED) is 0.784. The van der Waals surface area contributed by atoms with Gasteiger partial charge in [-0.25, -0.2) is 9.97 Å². The van der Waals surface area contributed by atoms with Crippen LogP contribution in [0.2, 0.25) is 5.15 Å². The molecule has 0 aliphatic rings. The lowest BCUT2D eigenvalue weighted by Crippen LogP contribution is -2.14. The van der Waals surface area contributed by atoms with Gasteiger partial charge in [0.05, 0.1) is 0 Å². The molecule has 2 heterocycles. The molecular formula is C10H9ClN4O. The first-order valence-corrected chi connectivity index (χ1v) is 4.99. The van der Waals surface area contributed by atoms with Crippen LogP contribution < -0.4 is 5.32 Å². The van der Waals surface area contributed by atoms with Gasteiger partial charge in [-0.3, -0.25) is 10.1 Å². The van der Waals surface area contributed by atoms with E-state index in [9.17, 15) is 4.79 Å². The second-order valence-electron chi connectivity index (χ2n) is 3.19. The first-order valence-electron chi connectivity index (χ1n) is 4.61. The van der Waals surface area contributed by atoms with E-state index in [1.165, 1.54) is 0 Å². The number of hydrogen-bond donors (Lipinski definition) is 2. The summed E-state index contributed by atoms with van der Waals surface area (Å²) in [5.41, 5.74) is 1.14. The lowest BCUT2D eigenvalue weighted by Gasteiger charge is -2.03. The van der Waals surface area contributed by atoms with Crippen LogP contribution in [0.25, 0.3) is 0 Å². The van der Waals surface area contributed by atoms with E-state index >= 15 is 0 Å². The first-order chi connectivity index (χ1) is 7.65. The average Bonchev–Trinajstić information content (AvgIpc) is 2.68. The Morgan fingerprint density at radius 3 is 2.94 bits per heavy atom. The number of carbonyl (C=O) groups excluding carboxylic acids is 1. The molecule has 82 valence electrons. The summed E-state index contributed by atoms with van der Waals surface area (Å²) >= 11 is 5.75. The van der Waals surface area contributed by atoms with Crippen molar-refractivity contribution in [3.05, 3.63) is 40.9 Å². The molecule has 0 aliphatic heterocycles. The first kappa shape index (κ1) is 10.6. The fourth-order valence-corrected chi connectivity index (χ4v) is 1.46. The molecule has 0 bridgehead atoms. The van der Waals surface area contributed by atoms with Gasteiger partial charge in [0.25, 0.3) is 5.91 Å². The number of aromatic amines is 1. The van der Waals surface area contributed by atoms with Crippen LogP contribution in [-0.4, -0.2) is 20.9 Å². The predicted molar refractivity (Wildman–Crippen MR) is 60.5 cm³/mol. The van der Waals surface area contributed by atoms with E-state index in [0.29, 0.717) is 16.5 Å². The zero-order valence-electron chi connectivity index (χ0n) is 8.49. The molecule has 0 aliphatic carbocycles. The highest BCUT2D eigenvalue weighted by Crippen LogP contribution is 2.10. The number of aromatic nitrogens is 3. The van der Waals surface area contributed by atoms with Gasteiger partial charge in [-0.1, -0.05) is 11.6 Å². The molecule has 0 atom stereocenters. The Morgan fingerprint density at radius 2 is 2.31 bits per heavy atom. The van der Waals surface area contributed by atoms with Gasteiger partial charge in [0.1, 0.15) is 10.8 Å². The number of nitrogens with one attached hydrogen (secondary N) is 2. The molecule has 6 heteroatoms. The third kappa shape index (κ3) is 2.38. The number of aryl methyl sites for hydroxylation is 1. The zero-order chi connectivity index (χ0) is 11.5. The van der Waals surface area contributed by atoms with E-state index in [4.69, 9.17) is 11.6 Å². The molecule has 2 N–H and O–H groups in total. The SMILES string of the molecule is Cc1cc(Cl)nc(NC(=O)c2ccc[nH]2)n1. The van der Waals surface area contributed by atoms with Gasteiger partial charge in [0.2, 0.25) is 5.95 Å². The van der Waals surface area contributed by atoms with E-state index in [2.05, 4.69) is 20.3 Å². The number of halogens is 1. The normalized spacial score (nSPS) is 10.1. The number of nitrogens with zero attached hydrogens (tertiary/aromatic N) is 2. The number of H-pyrrole nitrogens is 1. The van der Waals surface area contributed by atoms with E-state index < -0.39 is 0 Å². The Labute approximate surface area is 96.9 Å². The van der Waals surface area contributed by atoms with E-state index in [0.717, 1.165) is 0 Å². The molecular weight excluding hydrogens is 228 g/mol. The van der Waals surface area contributed by atoms with Crippen molar-refractivity contribution in [3.8, 4) is 0 Å². The van der Waals surface area contributed by atoms with E-state index in [1.807, 2.05) is 0 Å². The number of hydrogen-bond acceptors (Lipinski definition) is 3. The third-order valence-electron chi connectivity index (χ3n) is 1.89. The number of rotatable bonds is 2. The molecule has 0 unspecified atom stereocenters. The summed E-state index contributed by atoms with van der Waals surface area (Å²) < 4.78 is 0. The second-order valence-corrected chi connectivity index (χ2v) is 3.58. The highest BCUT2D eigenvalue weighted by molar-refractivity contribution is 6.29. The van der Waals surface area contributed by atoms with Gasteiger partial charge in [-0.15, -0.1) is 0 Å². The van der Waals surface area contributed by atoms with Crippen molar-refractivity contribution < 1.29 is 4.79 Å². The largest absolute Gasteiger partial charge is 0.357 e. The van der Waals surface area contributed by atoms with Crippen LogP contribution in [0.5, 0.6) is 0 Å². The Hall–Kier alpha value is -1.88. The third-order valence-corrected chi connectivity index (χ3v) is 2.08. The maximum atomic E-state index is 11.6. The van der Waals surface area contributed by atoms with Crippen LogP contribution >= 0.6 is 11.6 Å². The zero-order valence-corrected chi connectivity index (χ0v) is 9.25. The number of amides is 1. The lowest BCUT2D eigenvalue weighted by molar-refractivity contribution is 0.102. The molecule has 0 saturated heterocycles. The molecule has 2 rings (SSSR count). The average molecular weight is 237 g/mol. The molecule has 2 aromatic rings. The van der Waals surface area contributed by atoms with Crippen LogP contribution in [-0.2, 0) is 0 Å². The lowest BCUT2D eigenvalue weighted by atomic mass is 10.4. The minimum atomic E-state index is -0.299. The van der Waals surface area contributed by atoms with E-state index in [-0.39, 0.29) is 11.9 Å². The monoisotopic (exact) mass is 236 g/mol. The minimum Gasteiger partial charge on any atom is -0.357 e. The highest BCUT2D eigenvalue weighted by atomic mass is 35.5. The van der Waals surface area contributed by atoms with Gasteiger partial charge in [-0.05, 0) is 25.1 Å². The Bertz CT molecular complexity index is 489. The van der Waals surface area contributed by atoms with Gasteiger partial charge >= 0.3 is 0 Å². The van der Waals surface area contributed by atoms with Crippen molar-refractivity contribution in [2.45, 2.75) is 6.92 Å². The van der Waals surface area contributed by atoms with Gasteiger partial charge < -0.3 is 4.98 Å². The topological polar surface area (TPSA) is 70.7 Å². The highest BCUT2D eigenvalue weighted by Gasteiger charge is 2.08. The van der Waals surface area contributed by atoms with Crippen molar-refractivity contribution in [3.63, 3.8) is 0 Å². The molecule has 0 saturated carbocycles.